The lowest BCUT2D eigenvalue weighted by Gasteiger charge is -2.15. The molecular weight excluding hydrogens is 231 g/mol. The van der Waals surface area contributed by atoms with E-state index < -0.39 is 0 Å². The Balaban J connectivity index is 1.63. The number of hydrogen-bond acceptors (Lipinski definition) is 2. The number of amides is 1. The molecule has 1 saturated heterocycles. The van der Waals surface area contributed by atoms with E-state index in [0.29, 0.717) is 19.5 Å². The van der Waals surface area contributed by atoms with Gasteiger partial charge >= 0.3 is 0 Å². The SMILES string of the molecule is O=C(CCNCc1ccc(F)cc1)N1CCCC1. The smallest absolute Gasteiger partial charge is 0.223 e. The second-order valence-electron chi connectivity index (χ2n) is 4.64. The van der Waals surface area contributed by atoms with Crippen LogP contribution in [0.1, 0.15) is 24.8 Å². The molecule has 1 fully saturated rings. The highest BCUT2D eigenvalue weighted by Crippen LogP contribution is 2.08. The zero-order valence-electron chi connectivity index (χ0n) is 10.5. The van der Waals surface area contributed by atoms with Crippen LogP contribution in [-0.4, -0.2) is 30.4 Å². The first-order valence-corrected chi connectivity index (χ1v) is 6.48. The fraction of sp³-hybridized carbons (Fsp3) is 0.500. The van der Waals surface area contributed by atoms with Crippen molar-refractivity contribution in [3.63, 3.8) is 0 Å². The number of halogens is 1. The molecule has 4 heteroatoms. The fourth-order valence-corrected chi connectivity index (χ4v) is 2.15. The summed E-state index contributed by atoms with van der Waals surface area (Å²) in [5.41, 5.74) is 1.03. The summed E-state index contributed by atoms with van der Waals surface area (Å²) >= 11 is 0. The van der Waals surface area contributed by atoms with Crippen LogP contribution in [0.2, 0.25) is 0 Å². The standard InChI is InChI=1S/C14H19FN2O/c15-13-5-3-12(4-6-13)11-16-8-7-14(18)17-9-1-2-10-17/h3-6,16H,1-2,7-11H2. The number of carbonyl (C=O) groups excluding carboxylic acids is 1. The molecule has 2 rings (SSSR count). The van der Waals surface area contributed by atoms with Crippen molar-refractivity contribution in [2.45, 2.75) is 25.8 Å². The summed E-state index contributed by atoms with van der Waals surface area (Å²) in [6.07, 6.45) is 2.81. The van der Waals surface area contributed by atoms with Gasteiger partial charge in [0.2, 0.25) is 5.91 Å². The van der Waals surface area contributed by atoms with Gasteiger partial charge in [0.15, 0.2) is 0 Å². The number of rotatable bonds is 5. The van der Waals surface area contributed by atoms with Crippen LogP contribution in [0.4, 0.5) is 4.39 Å². The van der Waals surface area contributed by atoms with Gasteiger partial charge in [-0.05, 0) is 30.5 Å². The normalized spacial score (nSPS) is 15.1. The molecule has 1 aliphatic rings. The predicted octanol–water partition coefficient (Wildman–Crippen LogP) is 1.93. The first-order chi connectivity index (χ1) is 8.75. The molecule has 98 valence electrons. The van der Waals surface area contributed by atoms with Crippen molar-refractivity contribution in [2.75, 3.05) is 19.6 Å². The van der Waals surface area contributed by atoms with Gasteiger partial charge in [0.25, 0.3) is 0 Å². The number of likely N-dealkylation sites (tertiary alicyclic amines) is 1. The molecule has 0 bridgehead atoms. The van der Waals surface area contributed by atoms with Crippen molar-refractivity contribution in [3.8, 4) is 0 Å². The highest BCUT2D eigenvalue weighted by Gasteiger charge is 2.16. The molecule has 0 aliphatic carbocycles. The Labute approximate surface area is 107 Å². The lowest BCUT2D eigenvalue weighted by atomic mass is 10.2. The summed E-state index contributed by atoms with van der Waals surface area (Å²) in [5, 5.41) is 3.21. The molecule has 0 radical (unpaired) electrons. The number of benzene rings is 1. The maximum Gasteiger partial charge on any atom is 0.223 e. The van der Waals surface area contributed by atoms with Crippen molar-refractivity contribution in [3.05, 3.63) is 35.6 Å². The maximum absolute atomic E-state index is 12.7. The molecule has 0 unspecified atom stereocenters. The van der Waals surface area contributed by atoms with Crippen LogP contribution < -0.4 is 5.32 Å². The van der Waals surface area contributed by atoms with E-state index in [0.717, 1.165) is 31.5 Å². The second-order valence-corrected chi connectivity index (χ2v) is 4.64. The molecule has 0 atom stereocenters. The van der Waals surface area contributed by atoms with E-state index in [-0.39, 0.29) is 11.7 Å². The van der Waals surface area contributed by atoms with E-state index in [2.05, 4.69) is 5.32 Å². The Kier molecular flexibility index (Phi) is 4.70. The maximum atomic E-state index is 12.7. The minimum Gasteiger partial charge on any atom is -0.343 e. The van der Waals surface area contributed by atoms with Crippen LogP contribution in [0.15, 0.2) is 24.3 Å². The summed E-state index contributed by atoms with van der Waals surface area (Å²) in [7, 11) is 0. The average Bonchev–Trinajstić information content (AvgIpc) is 2.90. The molecule has 0 saturated carbocycles. The Morgan fingerprint density at radius 1 is 1.22 bits per heavy atom. The van der Waals surface area contributed by atoms with Gasteiger partial charge in [0.1, 0.15) is 5.82 Å². The van der Waals surface area contributed by atoms with Gasteiger partial charge < -0.3 is 10.2 Å². The molecule has 18 heavy (non-hydrogen) atoms. The number of carbonyl (C=O) groups is 1. The van der Waals surface area contributed by atoms with E-state index in [1.165, 1.54) is 12.1 Å². The molecule has 1 aromatic rings. The van der Waals surface area contributed by atoms with Gasteiger partial charge in [-0.1, -0.05) is 12.1 Å². The van der Waals surface area contributed by atoms with E-state index in [1.807, 2.05) is 4.90 Å². The van der Waals surface area contributed by atoms with Gasteiger partial charge in [0, 0.05) is 32.6 Å². The molecule has 1 heterocycles. The zero-order valence-corrected chi connectivity index (χ0v) is 10.5. The first-order valence-electron chi connectivity index (χ1n) is 6.48. The molecule has 1 amide bonds. The van der Waals surface area contributed by atoms with Crippen LogP contribution in [0, 0.1) is 5.82 Å². The largest absolute Gasteiger partial charge is 0.343 e. The molecule has 0 spiro atoms. The van der Waals surface area contributed by atoms with E-state index in [9.17, 15) is 9.18 Å². The van der Waals surface area contributed by atoms with Crippen molar-refractivity contribution in [1.82, 2.24) is 10.2 Å². The first kappa shape index (κ1) is 13.0. The lowest BCUT2D eigenvalue weighted by molar-refractivity contribution is -0.130. The Bertz CT molecular complexity index is 385. The molecule has 1 N–H and O–H groups in total. The zero-order chi connectivity index (χ0) is 12.8. The summed E-state index contributed by atoms with van der Waals surface area (Å²) in [6, 6.07) is 6.41. The minimum absolute atomic E-state index is 0.219. The minimum atomic E-state index is -0.219. The molecule has 0 aromatic heterocycles. The van der Waals surface area contributed by atoms with E-state index in [4.69, 9.17) is 0 Å². The van der Waals surface area contributed by atoms with Gasteiger partial charge in [-0.25, -0.2) is 4.39 Å². The summed E-state index contributed by atoms with van der Waals surface area (Å²) in [5.74, 6) is 0.0158. The molecule has 1 aromatic carbocycles. The van der Waals surface area contributed by atoms with Gasteiger partial charge in [-0.3, -0.25) is 4.79 Å². The van der Waals surface area contributed by atoms with Crippen LogP contribution in [0.5, 0.6) is 0 Å². The average molecular weight is 250 g/mol. The number of nitrogens with one attached hydrogen (secondary N) is 1. The van der Waals surface area contributed by atoms with Crippen LogP contribution in [0.25, 0.3) is 0 Å². The van der Waals surface area contributed by atoms with Gasteiger partial charge in [0.05, 0.1) is 0 Å². The van der Waals surface area contributed by atoms with E-state index in [1.54, 1.807) is 12.1 Å². The van der Waals surface area contributed by atoms with E-state index >= 15 is 0 Å². The lowest BCUT2D eigenvalue weighted by Crippen LogP contribution is -2.30. The second kappa shape index (κ2) is 6.50. The summed E-state index contributed by atoms with van der Waals surface area (Å²) in [4.78, 5) is 13.7. The topological polar surface area (TPSA) is 32.3 Å². The van der Waals surface area contributed by atoms with Crippen LogP contribution in [-0.2, 0) is 11.3 Å². The third kappa shape index (κ3) is 3.81. The van der Waals surface area contributed by atoms with Crippen molar-refractivity contribution < 1.29 is 9.18 Å². The summed E-state index contributed by atoms with van der Waals surface area (Å²) in [6.45, 7) is 3.17. The summed E-state index contributed by atoms with van der Waals surface area (Å²) < 4.78 is 12.7. The Morgan fingerprint density at radius 2 is 1.89 bits per heavy atom. The molecule has 3 nitrogen and oxygen atoms in total. The van der Waals surface area contributed by atoms with Crippen LogP contribution in [0.3, 0.4) is 0 Å². The van der Waals surface area contributed by atoms with Crippen molar-refractivity contribution in [2.24, 2.45) is 0 Å². The van der Waals surface area contributed by atoms with Gasteiger partial charge in [-0.15, -0.1) is 0 Å². The number of nitrogens with zero attached hydrogens (tertiary/aromatic N) is 1. The number of hydrogen-bond donors (Lipinski definition) is 1. The quantitative estimate of drug-likeness (QED) is 0.810. The van der Waals surface area contributed by atoms with Crippen molar-refractivity contribution in [1.29, 1.82) is 0 Å². The fourth-order valence-electron chi connectivity index (χ4n) is 2.15. The monoisotopic (exact) mass is 250 g/mol. The van der Waals surface area contributed by atoms with Crippen molar-refractivity contribution >= 4 is 5.91 Å². The predicted molar refractivity (Wildman–Crippen MR) is 68.5 cm³/mol. The highest BCUT2D eigenvalue weighted by molar-refractivity contribution is 5.76. The van der Waals surface area contributed by atoms with Crippen LogP contribution >= 0.6 is 0 Å². The molecular formula is C14H19FN2O. The third-order valence-corrected chi connectivity index (χ3v) is 3.22. The Hall–Kier alpha value is -1.42. The highest BCUT2D eigenvalue weighted by atomic mass is 19.1. The third-order valence-electron chi connectivity index (χ3n) is 3.22. The van der Waals surface area contributed by atoms with Gasteiger partial charge in [-0.2, -0.15) is 0 Å². The Morgan fingerprint density at radius 3 is 2.56 bits per heavy atom. The molecule has 1 aliphatic heterocycles.